The van der Waals surface area contributed by atoms with Crippen LogP contribution in [0.2, 0.25) is 0 Å². The number of nitrogens with zero attached hydrogens (tertiary/aromatic N) is 3. The Balaban J connectivity index is 1.46. The fourth-order valence-electron chi connectivity index (χ4n) is 4.48. The fraction of sp³-hybridized carbons (Fsp3) is 0.500. The van der Waals surface area contributed by atoms with Gasteiger partial charge in [-0.3, -0.25) is 19.1 Å². The number of hydrogen-bond acceptors (Lipinski definition) is 4. The Hall–Kier alpha value is -3.23. The van der Waals surface area contributed by atoms with Gasteiger partial charge in [0.15, 0.2) is 5.69 Å². The molecule has 176 valence electrons. The van der Waals surface area contributed by atoms with Crippen LogP contribution in [0, 0.1) is 5.82 Å². The zero-order chi connectivity index (χ0) is 23.6. The highest BCUT2D eigenvalue weighted by Crippen LogP contribution is 2.27. The molecule has 33 heavy (non-hydrogen) atoms. The molecule has 3 amide bonds. The maximum Gasteiger partial charge on any atom is 0.272 e. The minimum atomic E-state index is -1.11. The molecular formula is C24H30FN5O3. The largest absolute Gasteiger partial charge is 0.351 e. The Kier molecular flexibility index (Phi) is 6.49. The summed E-state index contributed by atoms with van der Waals surface area (Å²) in [6, 6.07) is 7.39. The van der Waals surface area contributed by atoms with Crippen molar-refractivity contribution >= 4 is 17.7 Å². The van der Waals surface area contributed by atoms with Crippen molar-refractivity contribution in [3.8, 4) is 0 Å². The molecule has 9 heteroatoms. The van der Waals surface area contributed by atoms with Gasteiger partial charge in [-0.1, -0.05) is 37.8 Å². The van der Waals surface area contributed by atoms with E-state index in [1.54, 1.807) is 26.1 Å². The molecule has 2 heterocycles. The first-order valence-electron chi connectivity index (χ1n) is 11.5. The third-order valence-corrected chi connectivity index (χ3v) is 6.78. The second kappa shape index (κ2) is 9.33. The van der Waals surface area contributed by atoms with Crippen molar-refractivity contribution in [3.05, 3.63) is 53.1 Å². The van der Waals surface area contributed by atoms with Gasteiger partial charge < -0.3 is 15.5 Å². The highest BCUT2D eigenvalue weighted by Gasteiger charge is 2.46. The van der Waals surface area contributed by atoms with Crippen LogP contribution in [0.25, 0.3) is 0 Å². The first-order chi connectivity index (χ1) is 15.8. The van der Waals surface area contributed by atoms with Crippen molar-refractivity contribution in [1.82, 2.24) is 25.3 Å². The predicted molar refractivity (Wildman–Crippen MR) is 120 cm³/mol. The molecular weight excluding hydrogens is 425 g/mol. The molecule has 1 aromatic carbocycles. The van der Waals surface area contributed by atoms with Gasteiger partial charge in [0.1, 0.15) is 17.1 Å². The molecule has 0 unspecified atom stereocenters. The number of rotatable bonds is 5. The zero-order valence-electron chi connectivity index (χ0n) is 19.1. The molecule has 2 N–H and O–H groups in total. The highest BCUT2D eigenvalue weighted by molar-refractivity contribution is 6.01. The van der Waals surface area contributed by atoms with E-state index in [0.717, 1.165) is 31.2 Å². The summed E-state index contributed by atoms with van der Waals surface area (Å²) >= 11 is 0. The van der Waals surface area contributed by atoms with Crippen LogP contribution < -0.4 is 10.6 Å². The van der Waals surface area contributed by atoms with Gasteiger partial charge >= 0.3 is 0 Å². The number of halogens is 1. The lowest BCUT2D eigenvalue weighted by Crippen LogP contribution is -2.63. The summed E-state index contributed by atoms with van der Waals surface area (Å²) in [6.07, 6.45) is 6.46. The smallest absolute Gasteiger partial charge is 0.272 e. The first kappa shape index (κ1) is 22.9. The van der Waals surface area contributed by atoms with Gasteiger partial charge in [0, 0.05) is 25.7 Å². The van der Waals surface area contributed by atoms with Gasteiger partial charge in [-0.25, -0.2) is 4.39 Å². The summed E-state index contributed by atoms with van der Waals surface area (Å²) in [6.45, 7) is 2.10. The number of fused-ring (bicyclic) bond motifs is 1. The molecule has 1 aliphatic heterocycles. The Bertz CT molecular complexity index is 1040. The van der Waals surface area contributed by atoms with Crippen LogP contribution in [0.1, 0.15) is 72.0 Å². The van der Waals surface area contributed by atoms with Gasteiger partial charge in [0.25, 0.3) is 11.8 Å². The summed E-state index contributed by atoms with van der Waals surface area (Å²) < 4.78 is 14.5. The molecule has 0 spiro atoms. The number of nitrogens with one attached hydrogen (secondary N) is 2. The van der Waals surface area contributed by atoms with Crippen LogP contribution in [0.15, 0.2) is 30.3 Å². The molecule has 1 aliphatic carbocycles. The van der Waals surface area contributed by atoms with Gasteiger partial charge in [-0.15, -0.1) is 0 Å². The quantitative estimate of drug-likeness (QED) is 0.678. The predicted octanol–water partition coefficient (Wildman–Crippen LogP) is 2.64. The molecule has 8 nitrogen and oxygen atoms in total. The Morgan fingerprint density at radius 2 is 1.82 bits per heavy atom. The Morgan fingerprint density at radius 1 is 1.15 bits per heavy atom. The van der Waals surface area contributed by atoms with E-state index < -0.39 is 11.4 Å². The SMILES string of the molecule is CN1C(=O)c2cc(C(=O)NCc3ccc(F)cc3)nn2C[C@]1(C)C(=O)NC1CCCCCC1. The molecule has 0 bridgehead atoms. The maximum absolute atomic E-state index is 13.2. The van der Waals surface area contributed by atoms with Crippen LogP contribution in [0.5, 0.6) is 0 Å². The average Bonchev–Trinajstić information content (AvgIpc) is 3.05. The van der Waals surface area contributed by atoms with Crippen molar-refractivity contribution in [2.24, 2.45) is 0 Å². The van der Waals surface area contributed by atoms with E-state index in [-0.39, 0.29) is 48.2 Å². The third-order valence-electron chi connectivity index (χ3n) is 6.78. The Morgan fingerprint density at radius 3 is 2.48 bits per heavy atom. The Labute approximate surface area is 192 Å². The van der Waals surface area contributed by atoms with Crippen LogP contribution in [0.4, 0.5) is 4.39 Å². The number of likely N-dealkylation sites (N-methyl/N-ethyl adjacent to an activating group) is 1. The van der Waals surface area contributed by atoms with Crippen molar-refractivity contribution in [1.29, 1.82) is 0 Å². The molecule has 2 aliphatic rings. The summed E-state index contributed by atoms with van der Waals surface area (Å²) in [5.74, 6) is -1.35. The van der Waals surface area contributed by atoms with Crippen molar-refractivity contribution in [2.75, 3.05) is 7.05 Å². The topological polar surface area (TPSA) is 96.3 Å². The molecule has 1 atom stereocenters. The molecule has 1 saturated carbocycles. The summed E-state index contributed by atoms with van der Waals surface area (Å²) in [5, 5.41) is 10.2. The number of aromatic nitrogens is 2. The summed E-state index contributed by atoms with van der Waals surface area (Å²) in [4.78, 5) is 40.3. The lowest BCUT2D eigenvalue weighted by Gasteiger charge is -2.41. The van der Waals surface area contributed by atoms with E-state index in [9.17, 15) is 18.8 Å². The number of benzene rings is 1. The van der Waals surface area contributed by atoms with Crippen LogP contribution in [0.3, 0.4) is 0 Å². The highest BCUT2D eigenvalue weighted by atomic mass is 19.1. The molecule has 4 rings (SSSR count). The zero-order valence-corrected chi connectivity index (χ0v) is 19.1. The van der Waals surface area contributed by atoms with Crippen molar-refractivity contribution in [2.45, 2.75) is 70.1 Å². The van der Waals surface area contributed by atoms with Crippen molar-refractivity contribution in [3.63, 3.8) is 0 Å². The molecule has 2 aromatic rings. The third kappa shape index (κ3) is 4.77. The first-order valence-corrected chi connectivity index (χ1v) is 11.5. The second-order valence-electron chi connectivity index (χ2n) is 9.18. The van der Waals surface area contributed by atoms with Gasteiger partial charge in [-0.2, -0.15) is 5.10 Å². The second-order valence-corrected chi connectivity index (χ2v) is 9.18. The van der Waals surface area contributed by atoms with Gasteiger partial charge in [-0.05, 0) is 37.5 Å². The van der Waals surface area contributed by atoms with Crippen LogP contribution in [-0.4, -0.2) is 51.0 Å². The van der Waals surface area contributed by atoms with Gasteiger partial charge in [0.2, 0.25) is 5.91 Å². The monoisotopic (exact) mass is 455 g/mol. The molecule has 0 radical (unpaired) electrons. The summed E-state index contributed by atoms with van der Waals surface area (Å²) in [5.41, 5.74) is 0.00308. The number of hydrogen-bond donors (Lipinski definition) is 2. The van der Waals surface area contributed by atoms with E-state index in [0.29, 0.717) is 0 Å². The average molecular weight is 456 g/mol. The molecule has 1 fully saturated rings. The minimum absolute atomic E-state index is 0.0993. The number of carbonyl (C=O) groups excluding carboxylic acids is 3. The van der Waals surface area contributed by atoms with E-state index in [1.165, 1.54) is 40.6 Å². The van der Waals surface area contributed by atoms with E-state index in [4.69, 9.17) is 0 Å². The lowest BCUT2D eigenvalue weighted by molar-refractivity contribution is -0.133. The van der Waals surface area contributed by atoms with Crippen LogP contribution in [-0.2, 0) is 17.9 Å². The fourth-order valence-corrected chi connectivity index (χ4v) is 4.48. The number of carbonyl (C=O) groups is 3. The molecule has 1 aromatic heterocycles. The minimum Gasteiger partial charge on any atom is -0.351 e. The van der Waals surface area contributed by atoms with Gasteiger partial charge in [0.05, 0.1) is 6.54 Å². The summed E-state index contributed by atoms with van der Waals surface area (Å²) in [7, 11) is 1.61. The number of amides is 3. The normalized spacial score (nSPS) is 21.3. The lowest BCUT2D eigenvalue weighted by atomic mass is 9.95. The maximum atomic E-state index is 13.2. The van der Waals surface area contributed by atoms with E-state index in [2.05, 4.69) is 15.7 Å². The standard InChI is InChI=1S/C24H30FN5O3/c1-24(23(33)27-18-7-5-3-4-6-8-18)15-30-20(22(32)29(24)2)13-19(28-30)21(31)26-14-16-9-11-17(25)12-10-16/h9-13,18H,3-8,14-15H2,1-2H3,(H,26,31)(H,27,33)/t24-/m1/s1. The van der Waals surface area contributed by atoms with Crippen molar-refractivity contribution < 1.29 is 18.8 Å². The van der Waals surface area contributed by atoms with Crippen LogP contribution >= 0.6 is 0 Å². The molecule has 0 saturated heterocycles. The van der Waals surface area contributed by atoms with E-state index in [1.807, 2.05) is 0 Å². The van der Waals surface area contributed by atoms with E-state index >= 15 is 0 Å².